The van der Waals surface area contributed by atoms with Gasteiger partial charge in [0.2, 0.25) is 0 Å². The van der Waals surface area contributed by atoms with Crippen molar-refractivity contribution in [2.24, 2.45) is 0 Å². The van der Waals surface area contributed by atoms with Gasteiger partial charge in [0.25, 0.3) is 0 Å². The molecule has 8 nitrogen and oxygen atoms in total. The van der Waals surface area contributed by atoms with Crippen molar-refractivity contribution in [3.63, 3.8) is 0 Å². The number of ether oxygens (including phenoxy) is 5. The first-order chi connectivity index (χ1) is 9.83. The van der Waals surface area contributed by atoms with Gasteiger partial charge in [-0.2, -0.15) is 0 Å². The fourth-order valence-electron chi connectivity index (χ4n) is 2.06. The zero-order valence-electron chi connectivity index (χ0n) is 12.5. The van der Waals surface area contributed by atoms with Gasteiger partial charge in [-0.05, 0) is 0 Å². The topological polar surface area (TPSA) is 97.4 Å². The Morgan fingerprint density at radius 3 is 2.29 bits per heavy atom. The number of hydrogen-bond acceptors (Lipinski definition) is 8. The summed E-state index contributed by atoms with van der Waals surface area (Å²) in [6, 6.07) is 0. The van der Waals surface area contributed by atoms with E-state index >= 15 is 0 Å². The molecule has 0 saturated carbocycles. The van der Waals surface area contributed by atoms with E-state index in [9.17, 15) is 14.4 Å². The van der Waals surface area contributed by atoms with E-state index in [-0.39, 0.29) is 6.61 Å². The molecule has 0 amide bonds. The number of hydrogen-bond donors (Lipinski definition) is 0. The summed E-state index contributed by atoms with van der Waals surface area (Å²) < 4.78 is 25.7. The lowest BCUT2D eigenvalue weighted by molar-refractivity contribution is -0.186. The predicted octanol–water partition coefficient (Wildman–Crippen LogP) is 0.174. The Morgan fingerprint density at radius 1 is 1.14 bits per heavy atom. The van der Waals surface area contributed by atoms with Crippen LogP contribution in [0, 0.1) is 0 Å². The van der Waals surface area contributed by atoms with Crippen LogP contribution in [-0.2, 0) is 38.1 Å². The molecule has 0 bridgehead atoms. The molecule has 0 spiro atoms. The molecule has 0 N–H and O–H groups in total. The maximum Gasteiger partial charge on any atom is 0.303 e. The second-order valence-corrected chi connectivity index (χ2v) is 4.60. The average molecular weight is 304 g/mol. The van der Waals surface area contributed by atoms with Gasteiger partial charge in [0, 0.05) is 34.3 Å². The number of methoxy groups -OCH3 is 1. The summed E-state index contributed by atoms with van der Waals surface area (Å²) in [4.78, 5) is 33.2. The SMILES string of the molecule is CO[C@@H]1C[C@H](OC(C)=O)[C@H]([C@H](COC(C)=O)OC(C)=O)O1. The van der Waals surface area contributed by atoms with E-state index in [2.05, 4.69) is 0 Å². The van der Waals surface area contributed by atoms with Gasteiger partial charge in [-0.25, -0.2) is 0 Å². The van der Waals surface area contributed by atoms with Crippen molar-refractivity contribution < 1.29 is 38.1 Å². The molecule has 120 valence electrons. The van der Waals surface area contributed by atoms with Crippen molar-refractivity contribution >= 4 is 17.9 Å². The summed E-state index contributed by atoms with van der Waals surface area (Å²) in [5, 5.41) is 0. The van der Waals surface area contributed by atoms with E-state index in [0.717, 1.165) is 0 Å². The number of carbonyl (C=O) groups is 3. The molecule has 0 aromatic carbocycles. The molecule has 0 aliphatic carbocycles. The molecule has 0 aromatic heterocycles. The fraction of sp³-hybridized carbons (Fsp3) is 0.769. The Bertz CT molecular complexity index is 394. The Labute approximate surface area is 122 Å². The van der Waals surface area contributed by atoms with Gasteiger partial charge >= 0.3 is 17.9 Å². The summed E-state index contributed by atoms with van der Waals surface area (Å²) in [5.41, 5.74) is 0. The summed E-state index contributed by atoms with van der Waals surface area (Å²) in [6.07, 6.45) is -2.57. The lowest BCUT2D eigenvalue weighted by Crippen LogP contribution is -2.42. The highest BCUT2D eigenvalue weighted by Crippen LogP contribution is 2.28. The monoisotopic (exact) mass is 304 g/mol. The van der Waals surface area contributed by atoms with Crippen LogP contribution in [0.3, 0.4) is 0 Å². The number of carbonyl (C=O) groups excluding carboxylic acids is 3. The van der Waals surface area contributed by atoms with E-state index in [1.165, 1.54) is 27.9 Å². The lowest BCUT2D eigenvalue weighted by atomic mass is 10.1. The molecule has 8 heteroatoms. The molecule has 1 heterocycles. The summed E-state index contributed by atoms with van der Waals surface area (Å²) in [7, 11) is 1.45. The van der Waals surface area contributed by atoms with E-state index in [1.54, 1.807) is 0 Å². The molecule has 0 aromatic rings. The highest BCUT2D eigenvalue weighted by Gasteiger charge is 2.44. The maximum absolute atomic E-state index is 11.2. The standard InChI is InChI=1S/C13H20O8/c1-7(14)18-6-11(20-9(3)16)13-10(19-8(2)15)5-12(17-4)21-13/h10-13H,5-6H2,1-4H3/t10-,11-,12-,13+/m0/s1. The molecule has 0 radical (unpaired) electrons. The summed E-state index contributed by atoms with van der Waals surface area (Å²) in [6.45, 7) is 3.55. The van der Waals surface area contributed by atoms with Gasteiger partial charge in [-0.15, -0.1) is 0 Å². The Hall–Kier alpha value is -1.67. The normalized spacial score (nSPS) is 26.0. The molecular formula is C13H20O8. The Balaban J connectivity index is 2.81. The van der Waals surface area contributed by atoms with Gasteiger partial charge in [0.05, 0.1) is 0 Å². The van der Waals surface area contributed by atoms with E-state index in [0.29, 0.717) is 6.42 Å². The Kier molecular flexibility index (Phi) is 6.57. The molecule has 0 unspecified atom stereocenters. The Morgan fingerprint density at radius 2 is 1.81 bits per heavy atom. The van der Waals surface area contributed by atoms with E-state index in [4.69, 9.17) is 23.7 Å². The van der Waals surface area contributed by atoms with Crippen LogP contribution in [0.15, 0.2) is 0 Å². The van der Waals surface area contributed by atoms with Gasteiger partial charge in [-0.1, -0.05) is 0 Å². The minimum absolute atomic E-state index is 0.187. The molecule has 1 aliphatic rings. The smallest absolute Gasteiger partial charge is 0.303 e. The highest BCUT2D eigenvalue weighted by molar-refractivity contribution is 5.67. The third kappa shape index (κ3) is 5.68. The molecule has 1 rings (SSSR count). The van der Waals surface area contributed by atoms with Crippen molar-refractivity contribution in [3.8, 4) is 0 Å². The van der Waals surface area contributed by atoms with E-state index < -0.39 is 42.5 Å². The van der Waals surface area contributed by atoms with Crippen LogP contribution in [0.5, 0.6) is 0 Å². The van der Waals surface area contributed by atoms with Crippen LogP contribution in [0.1, 0.15) is 27.2 Å². The molecule has 1 aliphatic heterocycles. The predicted molar refractivity (Wildman–Crippen MR) is 68.0 cm³/mol. The van der Waals surface area contributed by atoms with Crippen LogP contribution < -0.4 is 0 Å². The van der Waals surface area contributed by atoms with Crippen molar-refractivity contribution in [1.29, 1.82) is 0 Å². The lowest BCUT2D eigenvalue weighted by Gasteiger charge is -2.26. The first kappa shape index (κ1) is 17.4. The van der Waals surface area contributed by atoms with Crippen molar-refractivity contribution in [3.05, 3.63) is 0 Å². The van der Waals surface area contributed by atoms with Crippen LogP contribution in [-0.4, -0.2) is 56.2 Å². The third-order valence-electron chi connectivity index (χ3n) is 2.81. The first-order valence-electron chi connectivity index (χ1n) is 6.49. The summed E-state index contributed by atoms with van der Waals surface area (Å²) in [5.74, 6) is -1.56. The zero-order valence-corrected chi connectivity index (χ0v) is 12.5. The maximum atomic E-state index is 11.2. The van der Waals surface area contributed by atoms with Crippen LogP contribution in [0.2, 0.25) is 0 Å². The largest absolute Gasteiger partial charge is 0.462 e. The third-order valence-corrected chi connectivity index (χ3v) is 2.81. The van der Waals surface area contributed by atoms with Gasteiger partial charge in [0.1, 0.15) is 18.8 Å². The zero-order chi connectivity index (χ0) is 16.0. The van der Waals surface area contributed by atoms with Crippen molar-refractivity contribution in [1.82, 2.24) is 0 Å². The number of rotatable bonds is 6. The van der Waals surface area contributed by atoms with Crippen molar-refractivity contribution in [2.45, 2.75) is 51.8 Å². The summed E-state index contributed by atoms with van der Waals surface area (Å²) >= 11 is 0. The number of esters is 3. The highest BCUT2D eigenvalue weighted by atomic mass is 16.7. The molecule has 21 heavy (non-hydrogen) atoms. The quantitative estimate of drug-likeness (QED) is 0.506. The average Bonchev–Trinajstić information content (AvgIpc) is 2.76. The molecular weight excluding hydrogens is 284 g/mol. The van der Waals surface area contributed by atoms with Crippen LogP contribution in [0.4, 0.5) is 0 Å². The van der Waals surface area contributed by atoms with Crippen molar-refractivity contribution in [2.75, 3.05) is 13.7 Å². The van der Waals surface area contributed by atoms with Crippen LogP contribution in [0.25, 0.3) is 0 Å². The molecule has 1 saturated heterocycles. The second kappa shape index (κ2) is 7.94. The molecule has 4 atom stereocenters. The second-order valence-electron chi connectivity index (χ2n) is 4.60. The first-order valence-corrected chi connectivity index (χ1v) is 6.49. The minimum atomic E-state index is -0.879. The molecule has 1 fully saturated rings. The van der Waals surface area contributed by atoms with Gasteiger partial charge < -0.3 is 23.7 Å². The van der Waals surface area contributed by atoms with Gasteiger partial charge in [-0.3, -0.25) is 14.4 Å². The van der Waals surface area contributed by atoms with Crippen LogP contribution >= 0.6 is 0 Å². The van der Waals surface area contributed by atoms with Gasteiger partial charge in [0.15, 0.2) is 12.4 Å². The van der Waals surface area contributed by atoms with E-state index in [1.807, 2.05) is 0 Å². The fourth-order valence-corrected chi connectivity index (χ4v) is 2.06. The minimum Gasteiger partial charge on any atom is -0.462 e.